The molecule has 126 valence electrons. The molecule has 0 saturated heterocycles. The summed E-state index contributed by atoms with van der Waals surface area (Å²) in [5.41, 5.74) is 0.205. The average Bonchev–Trinajstić information content (AvgIpc) is 2.82. The van der Waals surface area contributed by atoms with Crippen LogP contribution in [-0.4, -0.2) is 38.4 Å². The van der Waals surface area contributed by atoms with Crippen molar-refractivity contribution in [2.24, 2.45) is 0 Å². The Balaban J connectivity index is 2.65. The van der Waals surface area contributed by atoms with E-state index in [-0.39, 0.29) is 22.7 Å². The van der Waals surface area contributed by atoms with E-state index in [1.165, 1.54) is 44.6 Å². The number of ether oxygens (including phenoxy) is 3. The number of phenolic OH excluding ortho intramolecular Hbond substituents is 1. The molecule has 0 fully saturated rings. The Morgan fingerprint density at radius 3 is 2.33 bits per heavy atom. The van der Waals surface area contributed by atoms with Crippen molar-refractivity contribution in [3.05, 3.63) is 53.9 Å². The van der Waals surface area contributed by atoms with Crippen LogP contribution in [0.3, 0.4) is 0 Å². The van der Waals surface area contributed by atoms with Gasteiger partial charge in [0, 0.05) is 12.3 Å². The summed E-state index contributed by atoms with van der Waals surface area (Å²) in [6.45, 7) is 0. The minimum absolute atomic E-state index is 0.00423. The van der Waals surface area contributed by atoms with E-state index in [4.69, 9.17) is 14.2 Å². The number of carbonyl (C=O) groups is 2. The number of rotatable bonds is 4. The predicted octanol–water partition coefficient (Wildman–Crippen LogP) is 1.89. The van der Waals surface area contributed by atoms with Crippen LogP contribution in [0.5, 0.6) is 11.5 Å². The molecule has 1 aliphatic heterocycles. The Bertz CT molecular complexity index is 747. The van der Waals surface area contributed by atoms with Crippen molar-refractivity contribution in [1.29, 1.82) is 0 Å². The number of phenols is 1. The van der Waals surface area contributed by atoms with Crippen LogP contribution in [0.15, 0.2) is 53.9 Å². The Labute approximate surface area is 139 Å². The van der Waals surface area contributed by atoms with Crippen molar-refractivity contribution in [3.63, 3.8) is 0 Å². The zero-order chi connectivity index (χ0) is 17.7. The van der Waals surface area contributed by atoms with E-state index in [0.717, 1.165) is 0 Å². The standard InChI is InChI=1S/C17H17NO6/c1-22-11-7-8-13(14(19)10-11)18-9-5-4-6-12(16(20)23-2)15(18)17(21)24-3/h4-10,19H,1-3H3. The molecule has 7 nitrogen and oxygen atoms in total. The van der Waals surface area contributed by atoms with E-state index in [1.807, 2.05) is 0 Å². The summed E-state index contributed by atoms with van der Waals surface area (Å²) in [7, 11) is 3.89. The molecule has 0 amide bonds. The summed E-state index contributed by atoms with van der Waals surface area (Å²) in [5.74, 6) is -1.13. The maximum absolute atomic E-state index is 12.3. The molecule has 0 atom stereocenters. The smallest absolute Gasteiger partial charge is 0.355 e. The Morgan fingerprint density at radius 2 is 1.75 bits per heavy atom. The first-order chi connectivity index (χ1) is 11.5. The number of aromatic hydroxyl groups is 1. The molecule has 0 aromatic heterocycles. The number of allylic oxidation sites excluding steroid dienone is 2. The maximum Gasteiger partial charge on any atom is 0.355 e. The molecule has 0 unspecified atom stereocenters. The monoisotopic (exact) mass is 331 g/mol. The van der Waals surface area contributed by atoms with Crippen LogP contribution in [0, 0.1) is 0 Å². The molecule has 0 aliphatic carbocycles. The minimum Gasteiger partial charge on any atom is -0.506 e. The van der Waals surface area contributed by atoms with Gasteiger partial charge in [0.1, 0.15) is 17.2 Å². The first kappa shape index (κ1) is 17.1. The van der Waals surface area contributed by atoms with Crippen molar-refractivity contribution in [3.8, 4) is 11.5 Å². The summed E-state index contributed by atoms with van der Waals surface area (Å²) in [4.78, 5) is 25.7. The van der Waals surface area contributed by atoms with Gasteiger partial charge in [-0.2, -0.15) is 0 Å². The maximum atomic E-state index is 12.3. The van der Waals surface area contributed by atoms with Gasteiger partial charge in [0.2, 0.25) is 0 Å². The van der Waals surface area contributed by atoms with Crippen LogP contribution >= 0.6 is 0 Å². The highest BCUT2D eigenvalue weighted by Crippen LogP contribution is 2.35. The topological polar surface area (TPSA) is 85.3 Å². The molecule has 0 saturated carbocycles. The molecule has 1 N–H and O–H groups in total. The van der Waals surface area contributed by atoms with Gasteiger partial charge in [0.15, 0.2) is 0 Å². The van der Waals surface area contributed by atoms with Gasteiger partial charge in [-0.05, 0) is 24.3 Å². The number of nitrogens with zero attached hydrogens (tertiary/aromatic N) is 1. The van der Waals surface area contributed by atoms with Gasteiger partial charge in [-0.25, -0.2) is 9.59 Å². The molecular weight excluding hydrogens is 314 g/mol. The first-order valence-electron chi connectivity index (χ1n) is 6.95. The molecule has 0 radical (unpaired) electrons. The van der Waals surface area contributed by atoms with Crippen molar-refractivity contribution < 1.29 is 28.9 Å². The van der Waals surface area contributed by atoms with Gasteiger partial charge in [0.05, 0.1) is 32.6 Å². The van der Waals surface area contributed by atoms with E-state index in [2.05, 4.69) is 0 Å². The van der Waals surface area contributed by atoms with Crippen LogP contribution < -0.4 is 9.64 Å². The predicted molar refractivity (Wildman–Crippen MR) is 86.5 cm³/mol. The van der Waals surface area contributed by atoms with E-state index in [0.29, 0.717) is 5.75 Å². The molecular formula is C17H17NO6. The first-order valence-corrected chi connectivity index (χ1v) is 6.95. The third kappa shape index (κ3) is 3.24. The van der Waals surface area contributed by atoms with Crippen LogP contribution in [-0.2, 0) is 19.1 Å². The van der Waals surface area contributed by atoms with E-state index >= 15 is 0 Å². The molecule has 0 bridgehead atoms. The van der Waals surface area contributed by atoms with Crippen molar-refractivity contribution in [2.75, 3.05) is 26.2 Å². The zero-order valence-corrected chi connectivity index (χ0v) is 13.5. The number of benzene rings is 1. The molecule has 1 heterocycles. The molecule has 1 aromatic rings. The van der Waals surface area contributed by atoms with Gasteiger partial charge in [0.25, 0.3) is 0 Å². The molecule has 0 spiro atoms. The summed E-state index contributed by atoms with van der Waals surface area (Å²) in [5, 5.41) is 10.3. The third-order valence-electron chi connectivity index (χ3n) is 3.33. The number of hydrogen-bond acceptors (Lipinski definition) is 7. The fraction of sp³-hybridized carbons (Fsp3) is 0.176. The van der Waals surface area contributed by atoms with Crippen molar-refractivity contribution >= 4 is 17.6 Å². The lowest BCUT2D eigenvalue weighted by atomic mass is 10.1. The Hall–Kier alpha value is -3.22. The number of methoxy groups -OCH3 is 3. The Kier molecular flexibility index (Phi) is 5.26. The number of anilines is 1. The second kappa shape index (κ2) is 7.36. The van der Waals surface area contributed by atoms with Crippen LogP contribution in [0.1, 0.15) is 0 Å². The van der Waals surface area contributed by atoms with Gasteiger partial charge in [-0.3, -0.25) is 0 Å². The van der Waals surface area contributed by atoms with Crippen molar-refractivity contribution in [1.82, 2.24) is 0 Å². The zero-order valence-electron chi connectivity index (χ0n) is 13.5. The normalized spacial score (nSPS) is 13.5. The molecule has 24 heavy (non-hydrogen) atoms. The lowest BCUT2D eigenvalue weighted by molar-refractivity contribution is -0.139. The molecule has 1 aromatic carbocycles. The highest BCUT2D eigenvalue weighted by Gasteiger charge is 2.28. The fourth-order valence-corrected chi connectivity index (χ4v) is 2.19. The van der Waals surface area contributed by atoms with Crippen LogP contribution in [0.25, 0.3) is 0 Å². The van der Waals surface area contributed by atoms with Crippen molar-refractivity contribution in [2.45, 2.75) is 0 Å². The summed E-state index contributed by atoms with van der Waals surface area (Å²) < 4.78 is 14.6. The highest BCUT2D eigenvalue weighted by atomic mass is 16.5. The quantitative estimate of drug-likeness (QED) is 0.843. The summed E-state index contributed by atoms with van der Waals surface area (Å²) in [6.07, 6.45) is 6.16. The molecule has 2 rings (SSSR count). The SMILES string of the molecule is COC(=O)C1=C(C(=O)OC)N(c2ccc(OC)cc2O)C=CC=C1. The fourth-order valence-electron chi connectivity index (χ4n) is 2.19. The third-order valence-corrected chi connectivity index (χ3v) is 3.33. The minimum atomic E-state index is -0.748. The van der Waals surface area contributed by atoms with E-state index in [9.17, 15) is 14.7 Å². The van der Waals surface area contributed by atoms with Gasteiger partial charge in [-0.1, -0.05) is 6.08 Å². The summed E-state index contributed by atoms with van der Waals surface area (Å²) >= 11 is 0. The lowest BCUT2D eigenvalue weighted by Crippen LogP contribution is -2.27. The number of esters is 2. The summed E-state index contributed by atoms with van der Waals surface area (Å²) in [6, 6.07) is 4.57. The van der Waals surface area contributed by atoms with Crippen LogP contribution in [0.4, 0.5) is 5.69 Å². The Morgan fingerprint density at radius 1 is 1.04 bits per heavy atom. The molecule has 1 aliphatic rings. The number of carbonyl (C=O) groups excluding carboxylic acids is 2. The van der Waals surface area contributed by atoms with E-state index < -0.39 is 11.9 Å². The van der Waals surface area contributed by atoms with Gasteiger partial charge >= 0.3 is 11.9 Å². The largest absolute Gasteiger partial charge is 0.506 e. The van der Waals surface area contributed by atoms with Gasteiger partial charge < -0.3 is 24.2 Å². The highest BCUT2D eigenvalue weighted by molar-refractivity contribution is 6.05. The number of hydrogen-bond donors (Lipinski definition) is 1. The lowest BCUT2D eigenvalue weighted by Gasteiger charge is -2.24. The van der Waals surface area contributed by atoms with Gasteiger partial charge in [-0.15, -0.1) is 0 Å². The second-order valence-corrected chi connectivity index (χ2v) is 4.67. The van der Waals surface area contributed by atoms with E-state index in [1.54, 1.807) is 24.3 Å². The molecule has 7 heteroatoms. The van der Waals surface area contributed by atoms with Crippen LogP contribution in [0.2, 0.25) is 0 Å². The second-order valence-electron chi connectivity index (χ2n) is 4.67. The average molecular weight is 331 g/mol.